The Kier molecular flexibility index (Phi) is 4.38. The molecule has 2 aromatic heterocycles. The summed E-state index contributed by atoms with van der Waals surface area (Å²) in [5, 5.41) is 13.3. The van der Waals surface area contributed by atoms with Crippen LogP contribution < -0.4 is 14.8 Å². The molecular weight excluding hydrogens is 364 g/mol. The van der Waals surface area contributed by atoms with Crippen molar-refractivity contribution >= 4 is 34.2 Å². The largest absolute Gasteiger partial charge is 0.486 e. The number of carbonyl (C=O) groups is 1. The highest BCUT2D eigenvalue weighted by atomic mass is 32.2. The Morgan fingerprint density at radius 1 is 1.19 bits per heavy atom. The van der Waals surface area contributed by atoms with Gasteiger partial charge in [0.05, 0.1) is 11.3 Å². The molecule has 0 saturated heterocycles. The van der Waals surface area contributed by atoms with Crippen LogP contribution in [-0.4, -0.2) is 45.0 Å². The number of pyridine rings is 1. The Hall–Kier alpha value is -2.48. The van der Waals surface area contributed by atoms with Gasteiger partial charge >= 0.3 is 0 Å². The molecule has 1 aliphatic heterocycles. The number of ether oxygens (including phenoxy) is 2. The highest BCUT2D eigenvalue weighted by Crippen LogP contribution is 2.36. The van der Waals surface area contributed by atoms with Crippen LogP contribution in [0.15, 0.2) is 23.4 Å². The van der Waals surface area contributed by atoms with Crippen LogP contribution in [0.5, 0.6) is 11.5 Å². The second-order valence-corrected chi connectivity index (χ2v) is 8.55. The SMILES string of the molecule is Cc1cc2cc3c(cc2n2c(SCC(=O)NC(C)(C)C)nnc12)OCCO3. The zero-order valence-corrected chi connectivity index (χ0v) is 16.6. The number of thioether (sulfide) groups is 1. The van der Waals surface area contributed by atoms with Crippen molar-refractivity contribution in [3.63, 3.8) is 0 Å². The Morgan fingerprint density at radius 3 is 2.59 bits per heavy atom. The number of carbonyl (C=O) groups excluding carboxylic acids is 1. The molecule has 0 bridgehead atoms. The molecule has 0 unspecified atom stereocenters. The van der Waals surface area contributed by atoms with Crippen molar-refractivity contribution in [1.82, 2.24) is 19.9 Å². The Morgan fingerprint density at radius 2 is 1.89 bits per heavy atom. The summed E-state index contributed by atoms with van der Waals surface area (Å²) in [5.41, 5.74) is 2.46. The first-order valence-electron chi connectivity index (χ1n) is 8.84. The zero-order chi connectivity index (χ0) is 19.2. The molecule has 4 rings (SSSR count). The number of fused-ring (bicyclic) bond motifs is 4. The third-order valence-corrected chi connectivity index (χ3v) is 5.07. The van der Waals surface area contributed by atoms with E-state index in [1.807, 2.05) is 44.2 Å². The van der Waals surface area contributed by atoms with Gasteiger partial charge in [-0.15, -0.1) is 10.2 Å². The standard InChI is InChI=1S/C19H22N4O3S/c1-11-7-12-8-14-15(26-6-5-25-14)9-13(12)23-17(11)21-22-18(23)27-10-16(24)20-19(2,3)4/h7-9H,5-6,10H2,1-4H3,(H,20,24). The smallest absolute Gasteiger partial charge is 0.230 e. The molecule has 7 nitrogen and oxygen atoms in total. The number of aryl methyl sites for hydroxylation is 1. The molecule has 142 valence electrons. The lowest BCUT2D eigenvalue weighted by Crippen LogP contribution is -2.41. The Balaban J connectivity index is 1.74. The molecule has 1 N–H and O–H groups in total. The van der Waals surface area contributed by atoms with Crippen LogP contribution in [0.25, 0.3) is 16.6 Å². The first kappa shape index (κ1) is 17.9. The lowest BCUT2D eigenvalue weighted by Gasteiger charge is -2.20. The number of nitrogens with zero attached hydrogens (tertiary/aromatic N) is 3. The fraction of sp³-hybridized carbons (Fsp3) is 0.421. The summed E-state index contributed by atoms with van der Waals surface area (Å²) in [6.07, 6.45) is 0. The first-order chi connectivity index (χ1) is 12.8. The maximum atomic E-state index is 12.2. The minimum absolute atomic E-state index is 0.0321. The van der Waals surface area contributed by atoms with Crippen molar-refractivity contribution in [1.29, 1.82) is 0 Å². The van der Waals surface area contributed by atoms with Gasteiger partial charge < -0.3 is 14.8 Å². The quantitative estimate of drug-likeness (QED) is 0.698. The summed E-state index contributed by atoms with van der Waals surface area (Å²) in [5.74, 6) is 1.71. The van der Waals surface area contributed by atoms with Gasteiger partial charge in [0.25, 0.3) is 0 Å². The van der Waals surface area contributed by atoms with E-state index in [-0.39, 0.29) is 17.2 Å². The van der Waals surface area contributed by atoms with E-state index in [2.05, 4.69) is 21.6 Å². The van der Waals surface area contributed by atoms with Gasteiger partial charge in [0, 0.05) is 17.0 Å². The summed E-state index contributed by atoms with van der Waals surface area (Å²) < 4.78 is 13.4. The van der Waals surface area contributed by atoms with Crippen molar-refractivity contribution in [3.05, 3.63) is 23.8 Å². The maximum Gasteiger partial charge on any atom is 0.230 e. The van der Waals surface area contributed by atoms with E-state index < -0.39 is 0 Å². The molecule has 1 amide bonds. The van der Waals surface area contributed by atoms with Gasteiger partial charge in [-0.05, 0) is 45.4 Å². The van der Waals surface area contributed by atoms with Gasteiger partial charge in [0.1, 0.15) is 13.2 Å². The third-order valence-electron chi connectivity index (χ3n) is 4.14. The number of hydrogen-bond donors (Lipinski definition) is 1. The normalized spacial score (nSPS) is 13.9. The number of amides is 1. The topological polar surface area (TPSA) is 77.8 Å². The molecule has 3 aromatic rings. The number of rotatable bonds is 3. The Bertz CT molecular complexity index is 1040. The molecule has 3 heterocycles. The lowest BCUT2D eigenvalue weighted by molar-refractivity contribution is -0.119. The van der Waals surface area contributed by atoms with Gasteiger partial charge in [-0.25, -0.2) is 0 Å². The van der Waals surface area contributed by atoms with Gasteiger partial charge in [-0.3, -0.25) is 9.20 Å². The lowest BCUT2D eigenvalue weighted by atomic mass is 10.1. The number of hydrogen-bond acceptors (Lipinski definition) is 6. The summed E-state index contributed by atoms with van der Waals surface area (Å²) >= 11 is 1.37. The summed E-state index contributed by atoms with van der Waals surface area (Å²) in [7, 11) is 0. The van der Waals surface area contributed by atoms with Crippen molar-refractivity contribution in [2.45, 2.75) is 38.4 Å². The zero-order valence-electron chi connectivity index (χ0n) is 15.8. The fourth-order valence-corrected chi connectivity index (χ4v) is 3.87. The van der Waals surface area contributed by atoms with Crippen molar-refractivity contribution in [2.75, 3.05) is 19.0 Å². The van der Waals surface area contributed by atoms with E-state index in [9.17, 15) is 4.79 Å². The number of aromatic nitrogens is 3. The number of benzene rings is 1. The average Bonchev–Trinajstić information content (AvgIpc) is 3.02. The van der Waals surface area contributed by atoms with Gasteiger partial charge in [0.2, 0.25) is 5.91 Å². The first-order valence-corrected chi connectivity index (χ1v) is 9.82. The molecule has 0 spiro atoms. The maximum absolute atomic E-state index is 12.2. The summed E-state index contributed by atoms with van der Waals surface area (Å²) in [6.45, 7) is 8.97. The van der Waals surface area contributed by atoms with E-state index in [1.54, 1.807) is 0 Å². The predicted molar refractivity (Wildman–Crippen MR) is 105 cm³/mol. The molecule has 0 fully saturated rings. The van der Waals surface area contributed by atoms with Crippen LogP contribution in [0, 0.1) is 6.92 Å². The predicted octanol–water partition coefficient (Wildman–Crippen LogP) is 2.97. The van der Waals surface area contributed by atoms with Crippen molar-refractivity contribution in [3.8, 4) is 11.5 Å². The molecule has 0 aliphatic carbocycles. The second kappa shape index (κ2) is 6.60. The van der Waals surface area contributed by atoms with E-state index >= 15 is 0 Å². The van der Waals surface area contributed by atoms with E-state index in [4.69, 9.17) is 9.47 Å². The summed E-state index contributed by atoms with van der Waals surface area (Å²) in [4.78, 5) is 12.2. The third kappa shape index (κ3) is 3.53. The van der Waals surface area contributed by atoms with Crippen LogP contribution >= 0.6 is 11.8 Å². The van der Waals surface area contributed by atoms with Crippen LogP contribution in [-0.2, 0) is 4.79 Å². The summed E-state index contributed by atoms with van der Waals surface area (Å²) in [6, 6.07) is 6.01. The van der Waals surface area contributed by atoms with Crippen LogP contribution in [0.2, 0.25) is 0 Å². The van der Waals surface area contributed by atoms with E-state index in [0.29, 0.717) is 24.1 Å². The highest BCUT2D eigenvalue weighted by Gasteiger charge is 2.19. The van der Waals surface area contributed by atoms with E-state index in [1.165, 1.54) is 11.8 Å². The molecule has 8 heteroatoms. The average molecular weight is 386 g/mol. The van der Waals surface area contributed by atoms with Crippen LogP contribution in [0.4, 0.5) is 0 Å². The molecule has 0 saturated carbocycles. The molecule has 1 aliphatic rings. The van der Waals surface area contributed by atoms with Crippen LogP contribution in [0.1, 0.15) is 26.3 Å². The van der Waals surface area contributed by atoms with Crippen LogP contribution in [0.3, 0.4) is 0 Å². The number of nitrogens with one attached hydrogen (secondary N) is 1. The minimum atomic E-state index is -0.260. The Labute approximate surface area is 161 Å². The molecule has 0 atom stereocenters. The van der Waals surface area contributed by atoms with Crippen molar-refractivity contribution in [2.24, 2.45) is 0 Å². The van der Waals surface area contributed by atoms with Gasteiger partial charge in [0.15, 0.2) is 22.3 Å². The van der Waals surface area contributed by atoms with Crippen molar-refractivity contribution < 1.29 is 14.3 Å². The molecule has 27 heavy (non-hydrogen) atoms. The second-order valence-electron chi connectivity index (χ2n) is 7.61. The molecular formula is C19H22N4O3S. The highest BCUT2D eigenvalue weighted by molar-refractivity contribution is 7.99. The molecule has 0 radical (unpaired) electrons. The molecule has 1 aromatic carbocycles. The minimum Gasteiger partial charge on any atom is -0.486 e. The van der Waals surface area contributed by atoms with Gasteiger partial charge in [-0.1, -0.05) is 11.8 Å². The monoisotopic (exact) mass is 386 g/mol. The van der Waals surface area contributed by atoms with Gasteiger partial charge in [-0.2, -0.15) is 0 Å². The fourth-order valence-electron chi connectivity index (χ4n) is 3.12. The van der Waals surface area contributed by atoms with E-state index in [0.717, 1.165) is 27.9 Å².